The van der Waals surface area contributed by atoms with Crippen molar-refractivity contribution in [2.45, 2.75) is 0 Å². The number of amides is 1. The minimum absolute atomic E-state index is 0.192. The maximum absolute atomic E-state index is 12.4. The highest BCUT2D eigenvalue weighted by Gasteiger charge is 2.13. The summed E-state index contributed by atoms with van der Waals surface area (Å²) in [6, 6.07) is 15.9. The number of nitrogens with one attached hydrogen (secondary N) is 1. The Morgan fingerprint density at radius 1 is 0.938 bits per heavy atom. The number of rotatable bonds is 7. The largest absolute Gasteiger partial charge is 0.493 e. The molecule has 0 aliphatic heterocycles. The Balaban J connectivity index is 1.65. The number of halogens is 2. The normalized spacial score (nSPS) is 10.6. The number of carbonyl (C=O) groups excluding carboxylic acids is 2. The van der Waals surface area contributed by atoms with E-state index in [1.807, 2.05) is 0 Å². The quantitative estimate of drug-likeness (QED) is 0.226. The number of hydrazone groups is 1. The molecule has 0 radical (unpaired) electrons. The van der Waals surface area contributed by atoms with Crippen molar-refractivity contribution < 1.29 is 23.8 Å². The fourth-order valence-corrected chi connectivity index (χ4v) is 3.17. The SMILES string of the molecule is COc1ccc(C(=O)N/N=C\c2cccc(OC(=O)c3ccc(Cl)cc3Cl)c2)cc1OC. The molecule has 0 spiro atoms. The Hall–Kier alpha value is -3.55. The second-order valence-corrected chi connectivity index (χ2v) is 7.20. The summed E-state index contributed by atoms with van der Waals surface area (Å²) in [4.78, 5) is 24.7. The predicted molar refractivity (Wildman–Crippen MR) is 122 cm³/mol. The van der Waals surface area contributed by atoms with Crippen LogP contribution in [0.15, 0.2) is 65.8 Å². The van der Waals surface area contributed by atoms with Crippen LogP contribution in [0.3, 0.4) is 0 Å². The van der Waals surface area contributed by atoms with Crippen molar-refractivity contribution in [3.63, 3.8) is 0 Å². The van der Waals surface area contributed by atoms with Gasteiger partial charge in [-0.05, 0) is 54.1 Å². The lowest BCUT2D eigenvalue weighted by Crippen LogP contribution is -2.17. The molecule has 0 atom stereocenters. The topological polar surface area (TPSA) is 86.2 Å². The van der Waals surface area contributed by atoms with Crippen molar-refractivity contribution in [1.29, 1.82) is 0 Å². The first-order chi connectivity index (χ1) is 15.4. The molecule has 164 valence electrons. The number of hydrogen-bond acceptors (Lipinski definition) is 6. The van der Waals surface area contributed by atoms with Crippen LogP contribution in [0.4, 0.5) is 0 Å². The Morgan fingerprint density at radius 2 is 1.72 bits per heavy atom. The highest BCUT2D eigenvalue weighted by Crippen LogP contribution is 2.27. The van der Waals surface area contributed by atoms with Gasteiger partial charge in [-0.25, -0.2) is 10.2 Å². The third-order valence-corrected chi connectivity index (χ3v) is 4.79. The maximum Gasteiger partial charge on any atom is 0.345 e. The van der Waals surface area contributed by atoms with Crippen LogP contribution in [0, 0.1) is 0 Å². The number of carbonyl (C=O) groups is 2. The number of nitrogens with zero attached hydrogens (tertiary/aromatic N) is 1. The minimum atomic E-state index is -0.623. The molecule has 0 aromatic heterocycles. The fraction of sp³-hybridized carbons (Fsp3) is 0.0870. The van der Waals surface area contributed by atoms with Gasteiger partial charge in [0.2, 0.25) is 0 Å². The molecule has 3 aromatic rings. The highest BCUT2D eigenvalue weighted by atomic mass is 35.5. The number of esters is 1. The zero-order valence-electron chi connectivity index (χ0n) is 17.1. The average Bonchev–Trinajstić information content (AvgIpc) is 2.78. The second kappa shape index (κ2) is 10.7. The molecule has 3 aromatic carbocycles. The first kappa shape index (κ1) is 23.1. The molecule has 0 heterocycles. The summed E-state index contributed by atoms with van der Waals surface area (Å²) in [6.45, 7) is 0. The van der Waals surface area contributed by atoms with Gasteiger partial charge in [-0.1, -0.05) is 35.3 Å². The van der Waals surface area contributed by atoms with Gasteiger partial charge in [0, 0.05) is 10.6 Å². The maximum atomic E-state index is 12.4. The summed E-state index contributed by atoms with van der Waals surface area (Å²) < 4.78 is 15.7. The van der Waals surface area contributed by atoms with Crippen LogP contribution >= 0.6 is 23.2 Å². The van der Waals surface area contributed by atoms with Gasteiger partial charge in [0.25, 0.3) is 5.91 Å². The summed E-state index contributed by atoms with van der Waals surface area (Å²) >= 11 is 11.9. The zero-order chi connectivity index (χ0) is 23.1. The van der Waals surface area contributed by atoms with E-state index in [0.29, 0.717) is 27.6 Å². The van der Waals surface area contributed by atoms with Crippen molar-refractivity contribution >= 4 is 41.3 Å². The molecule has 0 saturated carbocycles. The highest BCUT2D eigenvalue weighted by molar-refractivity contribution is 6.36. The molecule has 0 unspecified atom stereocenters. The molecule has 9 heteroatoms. The van der Waals surface area contributed by atoms with Crippen molar-refractivity contribution in [2.24, 2.45) is 5.10 Å². The molecule has 0 aliphatic rings. The van der Waals surface area contributed by atoms with Crippen LogP contribution < -0.4 is 19.6 Å². The van der Waals surface area contributed by atoms with E-state index in [9.17, 15) is 9.59 Å². The monoisotopic (exact) mass is 472 g/mol. The smallest absolute Gasteiger partial charge is 0.345 e. The molecular formula is C23H18Cl2N2O5. The van der Waals surface area contributed by atoms with E-state index in [1.165, 1.54) is 32.6 Å². The van der Waals surface area contributed by atoms with Gasteiger partial charge in [0.05, 0.1) is 31.0 Å². The van der Waals surface area contributed by atoms with E-state index in [4.69, 9.17) is 37.4 Å². The van der Waals surface area contributed by atoms with Crippen LogP contribution in [0.2, 0.25) is 10.0 Å². The minimum Gasteiger partial charge on any atom is -0.493 e. The third-order valence-electron chi connectivity index (χ3n) is 4.25. The van der Waals surface area contributed by atoms with E-state index >= 15 is 0 Å². The molecular weight excluding hydrogens is 455 g/mol. The van der Waals surface area contributed by atoms with E-state index in [1.54, 1.807) is 48.5 Å². The average molecular weight is 473 g/mol. The van der Waals surface area contributed by atoms with Gasteiger partial charge >= 0.3 is 5.97 Å². The van der Waals surface area contributed by atoms with E-state index < -0.39 is 11.9 Å². The third kappa shape index (κ3) is 5.78. The van der Waals surface area contributed by atoms with E-state index in [2.05, 4.69) is 10.5 Å². The summed E-state index contributed by atoms with van der Waals surface area (Å²) in [5.74, 6) is 0.180. The van der Waals surface area contributed by atoms with Crippen molar-refractivity contribution in [3.05, 3.63) is 87.4 Å². The number of methoxy groups -OCH3 is 2. The fourth-order valence-electron chi connectivity index (χ4n) is 2.68. The number of benzene rings is 3. The lowest BCUT2D eigenvalue weighted by atomic mass is 10.2. The molecule has 0 bridgehead atoms. The molecule has 0 aliphatic carbocycles. The Kier molecular flexibility index (Phi) is 7.70. The van der Waals surface area contributed by atoms with Gasteiger partial charge in [-0.15, -0.1) is 0 Å². The number of hydrogen-bond donors (Lipinski definition) is 1. The van der Waals surface area contributed by atoms with Gasteiger partial charge in [0.15, 0.2) is 11.5 Å². The summed E-state index contributed by atoms with van der Waals surface area (Å²) in [5, 5.41) is 4.55. The molecule has 1 N–H and O–H groups in total. The predicted octanol–water partition coefficient (Wildman–Crippen LogP) is 4.99. The van der Waals surface area contributed by atoms with Gasteiger partial charge in [-0.3, -0.25) is 4.79 Å². The van der Waals surface area contributed by atoms with Crippen LogP contribution in [0.25, 0.3) is 0 Å². The summed E-state index contributed by atoms with van der Waals surface area (Å²) in [5.41, 5.74) is 3.57. The van der Waals surface area contributed by atoms with Crippen LogP contribution in [0.5, 0.6) is 17.2 Å². The van der Waals surface area contributed by atoms with E-state index in [-0.39, 0.29) is 16.3 Å². The molecule has 7 nitrogen and oxygen atoms in total. The van der Waals surface area contributed by atoms with Gasteiger partial charge < -0.3 is 14.2 Å². The van der Waals surface area contributed by atoms with Gasteiger partial charge in [-0.2, -0.15) is 5.10 Å². The van der Waals surface area contributed by atoms with Gasteiger partial charge in [0.1, 0.15) is 5.75 Å². The van der Waals surface area contributed by atoms with E-state index in [0.717, 1.165) is 0 Å². The van der Waals surface area contributed by atoms with Crippen molar-refractivity contribution in [1.82, 2.24) is 5.43 Å². The molecule has 32 heavy (non-hydrogen) atoms. The summed E-state index contributed by atoms with van der Waals surface area (Å²) in [7, 11) is 3.00. The molecule has 1 amide bonds. The molecule has 3 rings (SSSR count). The second-order valence-electron chi connectivity index (χ2n) is 6.36. The van der Waals surface area contributed by atoms with Crippen LogP contribution in [0.1, 0.15) is 26.3 Å². The molecule has 0 saturated heterocycles. The van der Waals surface area contributed by atoms with Crippen LogP contribution in [-0.2, 0) is 0 Å². The molecule has 0 fully saturated rings. The Morgan fingerprint density at radius 3 is 2.44 bits per heavy atom. The van der Waals surface area contributed by atoms with Crippen LogP contribution in [-0.4, -0.2) is 32.3 Å². The first-order valence-corrected chi connectivity index (χ1v) is 9.99. The number of ether oxygens (including phenoxy) is 3. The lowest BCUT2D eigenvalue weighted by molar-refractivity contribution is 0.0734. The van der Waals surface area contributed by atoms with Crippen molar-refractivity contribution in [2.75, 3.05) is 14.2 Å². The van der Waals surface area contributed by atoms with Crippen molar-refractivity contribution in [3.8, 4) is 17.2 Å². The zero-order valence-corrected chi connectivity index (χ0v) is 18.6. The first-order valence-electron chi connectivity index (χ1n) is 9.24. The Bertz CT molecular complexity index is 1180. The Labute approximate surface area is 194 Å². The standard InChI is InChI=1S/C23H18Cl2N2O5/c1-30-20-9-6-15(11-21(20)31-2)22(28)27-26-13-14-4-3-5-17(10-14)32-23(29)18-8-7-16(24)12-19(18)25/h3-13H,1-2H3,(H,27,28)/b26-13-. The summed E-state index contributed by atoms with van der Waals surface area (Å²) in [6.07, 6.45) is 1.42. The lowest BCUT2D eigenvalue weighted by Gasteiger charge is -2.08.